The fourth-order valence-corrected chi connectivity index (χ4v) is 7.03. The van der Waals surface area contributed by atoms with Crippen LogP contribution in [-0.4, -0.2) is 0 Å². The van der Waals surface area contributed by atoms with Gasteiger partial charge in [0.15, 0.2) is 0 Å². The minimum absolute atomic E-state index is 0.929. The van der Waals surface area contributed by atoms with Gasteiger partial charge in [0.05, 0.1) is 0 Å². The molecule has 0 aromatic heterocycles. The monoisotopic (exact) mass is 610 g/mol. The Morgan fingerprint density at radius 1 is 0.295 bits per heavy atom. The van der Waals surface area contributed by atoms with E-state index in [2.05, 4.69) is 39.0 Å². The van der Waals surface area contributed by atoms with Crippen molar-refractivity contribution in [3.05, 3.63) is 41.8 Å². The summed E-state index contributed by atoms with van der Waals surface area (Å²) in [6.07, 6.45) is 49.7. The van der Waals surface area contributed by atoms with E-state index in [9.17, 15) is 0 Å². The maximum absolute atomic E-state index is 4.20. The number of hydrogen-bond donors (Lipinski definition) is 0. The highest BCUT2D eigenvalue weighted by molar-refractivity contribution is 5.31. The normalized spacial score (nSPS) is 11.5. The summed E-state index contributed by atoms with van der Waals surface area (Å²) in [4.78, 5) is 0. The van der Waals surface area contributed by atoms with E-state index in [4.69, 9.17) is 0 Å². The Morgan fingerprint density at radius 2 is 0.500 bits per heavy atom. The Hall–Kier alpha value is -0.780. The van der Waals surface area contributed by atoms with Crippen LogP contribution in [0.1, 0.15) is 236 Å². The highest BCUT2D eigenvalue weighted by atomic mass is 14.1. The molecule has 0 N–H and O–H groups in total. The van der Waals surface area contributed by atoms with Crippen molar-refractivity contribution in [1.82, 2.24) is 0 Å². The lowest BCUT2D eigenvalue weighted by atomic mass is 9.96. The molecule has 0 spiro atoms. The van der Waals surface area contributed by atoms with Gasteiger partial charge < -0.3 is 0 Å². The molecular formula is C44H81. The lowest BCUT2D eigenvalue weighted by molar-refractivity contribution is 0.529. The molecule has 257 valence electrons. The number of rotatable bonds is 35. The third-order valence-electron chi connectivity index (χ3n) is 10.0. The first-order valence-corrected chi connectivity index (χ1v) is 20.7. The zero-order chi connectivity index (χ0) is 31.6. The number of unbranched alkanes of at least 4 members (excludes halogenated alkanes) is 30. The van der Waals surface area contributed by atoms with Crippen molar-refractivity contribution >= 4 is 0 Å². The van der Waals surface area contributed by atoms with E-state index in [-0.39, 0.29) is 0 Å². The van der Waals surface area contributed by atoms with Crippen LogP contribution in [0.15, 0.2) is 18.2 Å². The van der Waals surface area contributed by atoms with Crippen molar-refractivity contribution in [2.45, 2.75) is 239 Å². The molecule has 0 saturated heterocycles. The summed E-state index contributed by atoms with van der Waals surface area (Å²) >= 11 is 0. The molecule has 0 bridgehead atoms. The first-order valence-electron chi connectivity index (χ1n) is 20.7. The lowest BCUT2D eigenvalue weighted by Crippen LogP contribution is -1.95. The minimum Gasteiger partial charge on any atom is -0.0654 e. The number of hydrogen-bond acceptors (Lipinski definition) is 0. The van der Waals surface area contributed by atoms with E-state index < -0.39 is 0 Å². The molecule has 0 heterocycles. The van der Waals surface area contributed by atoms with Gasteiger partial charge in [0.2, 0.25) is 0 Å². The van der Waals surface area contributed by atoms with Crippen LogP contribution in [0.3, 0.4) is 0 Å². The maximum Gasteiger partial charge on any atom is -0.0279 e. The van der Waals surface area contributed by atoms with Crippen LogP contribution in [0.25, 0.3) is 0 Å². The van der Waals surface area contributed by atoms with E-state index in [0.717, 1.165) is 6.42 Å². The zero-order valence-corrected chi connectivity index (χ0v) is 30.7. The number of aryl methyl sites for hydroxylation is 2. The first-order chi connectivity index (χ1) is 21.8. The third kappa shape index (κ3) is 27.5. The van der Waals surface area contributed by atoms with Gasteiger partial charge in [0, 0.05) is 0 Å². The van der Waals surface area contributed by atoms with Crippen LogP contribution in [0.4, 0.5) is 0 Å². The van der Waals surface area contributed by atoms with Gasteiger partial charge in [-0.25, -0.2) is 0 Å². The molecule has 1 aromatic rings. The van der Waals surface area contributed by atoms with Gasteiger partial charge in [0.1, 0.15) is 0 Å². The van der Waals surface area contributed by atoms with Gasteiger partial charge >= 0.3 is 0 Å². The Kier molecular flexibility index (Phi) is 31.5. The van der Waals surface area contributed by atoms with Gasteiger partial charge in [0.25, 0.3) is 0 Å². The van der Waals surface area contributed by atoms with E-state index in [0.29, 0.717) is 0 Å². The van der Waals surface area contributed by atoms with Crippen LogP contribution >= 0.6 is 0 Å². The summed E-state index contributed by atoms with van der Waals surface area (Å²) in [5.74, 6) is 0. The summed E-state index contributed by atoms with van der Waals surface area (Å²) in [5, 5.41) is 0. The third-order valence-corrected chi connectivity index (χ3v) is 10.0. The summed E-state index contributed by atoms with van der Waals surface area (Å²) in [5.41, 5.74) is 4.59. The molecule has 0 aliphatic carbocycles. The molecule has 0 saturated carbocycles. The molecule has 44 heavy (non-hydrogen) atoms. The van der Waals surface area contributed by atoms with Crippen molar-refractivity contribution in [2.75, 3.05) is 0 Å². The van der Waals surface area contributed by atoms with Gasteiger partial charge in [-0.2, -0.15) is 0 Å². The zero-order valence-electron chi connectivity index (χ0n) is 30.7. The minimum atomic E-state index is 0.929. The fourth-order valence-electron chi connectivity index (χ4n) is 7.03. The molecule has 0 heteroatoms. The van der Waals surface area contributed by atoms with E-state index in [1.807, 2.05) is 0 Å². The predicted molar refractivity (Wildman–Crippen MR) is 202 cm³/mol. The SMILES string of the molecule is [CH2]Cc1cc(CCCCCCCCCCCCCCCCCC)cc(CCCCCCCCCCCCCCCCCC)c1. The summed E-state index contributed by atoms with van der Waals surface area (Å²) in [7, 11) is 0. The second-order valence-electron chi connectivity index (χ2n) is 14.5. The quantitative estimate of drug-likeness (QED) is 0.0671. The van der Waals surface area contributed by atoms with Gasteiger partial charge in [-0.05, 0) is 55.7 Å². The fraction of sp³-hybridized carbons (Fsp3) is 0.841. The van der Waals surface area contributed by atoms with Crippen molar-refractivity contribution in [2.24, 2.45) is 0 Å². The summed E-state index contributed by atoms with van der Waals surface area (Å²) in [6.45, 7) is 8.81. The molecule has 1 aromatic carbocycles. The first kappa shape index (κ1) is 41.2. The van der Waals surface area contributed by atoms with E-state index >= 15 is 0 Å². The van der Waals surface area contributed by atoms with E-state index in [1.54, 1.807) is 11.1 Å². The standard InChI is InChI=1S/C44H81/c1-4-7-9-11-13-15-17-19-21-23-25-27-29-31-33-35-37-43-39-42(6-3)40-44(41-43)38-36-34-32-30-28-26-24-22-20-18-16-14-12-10-8-5-2/h39-41H,3-38H2,1-2H3. The average Bonchev–Trinajstić information content (AvgIpc) is 3.04. The van der Waals surface area contributed by atoms with Crippen LogP contribution in [0.5, 0.6) is 0 Å². The lowest BCUT2D eigenvalue weighted by Gasteiger charge is -2.10. The van der Waals surface area contributed by atoms with E-state index in [1.165, 1.54) is 224 Å². The molecule has 0 amide bonds. The van der Waals surface area contributed by atoms with Crippen molar-refractivity contribution < 1.29 is 0 Å². The summed E-state index contributed by atoms with van der Waals surface area (Å²) < 4.78 is 0. The molecule has 0 unspecified atom stereocenters. The summed E-state index contributed by atoms with van der Waals surface area (Å²) in [6, 6.07) is 7.40. The van der Waals surface area contributed by atoms with Crippen LogP contribution < -0.4 is 0 Å². The molecule has 1 rings (SSSR count). The van der Waals surface area contributed by atoms with Crippen molar-refractivity contribution in [1.29, 1.82) is 0 Å². The Labute approximate surface area is 279 Å². The second-order valence-corrected chi connectivity index (χ2v) is 14.5. The highest BCUT2D eigenvalue weighted by Crippen LogP contribution is 2.19. The van der Waals surface area contributed by atoms with Crippen LogP contribution in [0, 0.1) is 6.92 Å². The molecule has 0 fully saturated rings. The average molecular weight is 610 g/mol. The smallest absolute Gasteiger partial charge is 0.0279 e. The van der Waals surface area contributed by atoms with Gasteiger partial charge in [-0.3, -0.25) is 0 Å². The Balaban J connectivity index is 1.97. The number of benzene rings is 1. The van der Waals surface area contributed by atoms with Crippen molar-refractivity contribution in [3.63, 3.8) is 0 Å². The largest absolute Gasteiger partial charge is 0.0654 e. The predicted octanol–water partition coefficient (Wildman–Crippen LogP) is 15.7. The molecule has 0 aliphatic heterocycles. The molecule has 0 atom stereocenters. The van der Waals surface area contributed by atoms with Gasteiger partial charge in [-0.15, -0.1) is 0 Å². The van der Waals surface area contributed by atoms with Gasteiger partial charge in [-0.1, -0.05) is 225 Å². The van der Waals surface area contributed by atoms with Crippen LogP contribution in [-0.2, 0) is 19.3 Å². The Morgan fingerprint density at radius 3 is 0.727 bits per heavy atom. The Bertz CT molecular complexity index is 633. The van der Waals surface area contributed by atoms with Crippen LogP contribution in [0.2, 0.25) is 0 Å². The van der Waals surface area contributed by atoms with Crippen molar-refractivity contribution in [3.8, 4) is 0 Å². The topological polar surface area (TPSA) is 0 Å². The molecule has 1 radical (unpaired) electrons. The second kappa shape index (κ2) is 33.6. The molecule has 0 aliphatic rings. The molecular weight excluding hydrogens is 528 g/mol. The highest BCUT2D eigenvalue weighted by Gasteiger charge is 2.03. The maximum atomic E-state index is 4.20. The molecule has 0 nitrogen and oxygen atoms in total.